The molecule has 4 N–H and O–H groups in total. The number of carbonyl (C=O) groups is 1. The molecule has 0 fully saturated rings. The van der Waals surface area contributed by atoms with E-state index < -0.39 is 17.8 Å². The molecule has 0 spiro atoms. The van der Waals surface area contributed by atoms with Crippen molar-refractivity contribution in [3.8, 4) is 17.1 Å². The van der Waals surface area contributed by atoms with Crippen molar-refractivity contribution in [2.24, 2.45) is 0 Å². The van der Waals surface area contributed by atoms with Gasteiger partial charge >= 0.3 is 12.2 Å². The predicted molar refractivity (Wildman–Crippen MR) is 103 cm³/mol. The van der Waals surface area contributed by atoms with Gasteiger partial charge in [-0.25, -0.2) is 14.8 Å². The molecule has 150 valence electrons. The van der Waals surface area contributed by atoms with E-state index in [0.29, 0.717) is 22.8 Å². The van der Waals surface area contributed by atoms with Crippen molar-refractivity contribution in [2.45, 2.75) is 6.18 Å². The quantitative estimate of drug-likeness (QED) is 0.599. The fourth-order valence-electron chi connectivity index (χ4n) is 2.45. The molecule has 0 unspecified atom stereocenters. The topological polar surface area (TPSA) is 102 Å². The maximum atomic E-state index is 12.7. The average Bonchev–Trinajstić information content (AvgIpc) is 2.68. The van der Waals surface area contributed by atoms with Crippen molar-refractivity contribution in [1.82, 2.24) is 9.97 Å². The largest absolute Gasteiger partial charge is 0.491 e. The highest BCUT2D eigenvalue weighted by atomic mass is 19.4. The fourth-order valence-corrected chi connectivity index (χ4v) is 2.45. The number of hydrogen-bond acceptors (Lipinski definition) is 5. The van der Waals surface area contributed by atoms with Gasteiger partial charge in [-0.1, -0.05) is 6.07 Å². The second kappa shape index (κ2) is 8.05. The maximum absolute atomic E-state index is 12.7. The number of nitrogens with one attached hydrogen (secondary N) is 2. The van der Waals surface area contributed by atoms with Crippen LogP contribution in [0.3, 0.4) is 0 Å². The predicted octanol–water partition coefficient (Wildman–Crippen LogP) is 4.40. The Morgan fingerprint density at radius 1 is 1.07 bits per heavy atom. The molecule has 10 heteroatoms. The summed E-state index contributed by atoms with van der Waals surface area (Å²) in [6.45, 7) is 0. The number of methoxy groups -OCH3 is 1. The van der Waals surface area contributed by atoms with E-state index in [9.17, 15) is 18.0 Å². The molecule has 1 aromatic heterocycles. The van der Waals surface area contributed by atoms with Crippen molar-refractivity contribution < 1.29 is 22.7 Å². The number of alkyl halides is 3. The molecule has 0 bridgehead atoms. The first-order chi connectivity index (χ1) is 13.8. The Kier molecular flexibility index (Phi) is 5.53. The van der Waals surface area contributed by atoms with Crippen molar-refractivity contribution in [3.05, 3.63) is 60.3 Å². The summed E-state index contributed by atoms with van der Waals surface area (Å²) in [6.07, 6.45) is -3.04. The normalized spacial score (nSPS) is 11.0. The summed E-state index contributed by atoms with van der Waals surface area (Å²) in [5.41, 5.74) is 6.03. The van der Waals surface area contributed by atoms with Crippen LogP contribution in [-0.4, -0.2) is 23.1 Å². The fraction of sp³-hybridized carbons (Fsp3) is 0.105. The number of nitrogens with two attached hydrogens (primary N) is 1. The number of hydrogen-bond donors (Lipinski definition) is 3. The van der Waals surface area contributed by atoms with Crippen LogP contribution in [0.15, 0.2) is 54.7 Å². The van der Waals surface area contributed by atoms with Crippen molar-refractivity contribution in [2.75, 3.05) is 23.5 Å². The maximum Gasteiger partial charge on any atom is 0.416 e. The van der Waals surface area contributed by atoms with Gasteiger partial charge in [0, 0.05) is 16.9 Å². The average molecular weight is 403 g/mol. The van der Waals surface area contributed by atoms with Gasteiger partial charge in [-0.05, 0) is 42.5 Å². The molecule has 0 saturated heterocycles. The van der Waals surface area contributed by atoms with Gasteiger partial charge in [-0.3, -0.25) is 0 Å². The second-order valence-electron chi connectivity index (χ2n) is 5.88. The molecule has 0 radical (unpaired) electrons. The van der Waals surface area contributed by atoms with Gasteiger partial charge in [-0.15, -0.1) is 0 Å². The number of nitrogens with zero attached hydrogens (tertiary/aromatic N) is 2. The number of anilines is 3. The molecule has 0 atom stereocenters. The molecule has 2 aromatic carbocycles. The Labute approximate surface area is 163 Å². The van der Waals surface area contributed by atoms with E-state index in [2.05, 4.69) is 20.6 Å². The van der Waals surface area contributed by atoms with Crippen molar-refractivity contribution in [1.29, 1.82) is 0 Å². The number of nitrogen functional groups attached to an aromatic ring is 1. The molecule has 0 aliphatic rings. The molecule has 29 heavy (non-hydrogen) atoms. The highest BCUT2D eigenvalue weighted by molar-refractivity contribution is 5.99. The van der Waals surface area contributed by atoms with Gasteiger partial charge in [0.1, 0.15) is 0 Å². The SMILES string of the molecule is COc1cnc(-c2ccc(NC(=O)Nc3cccc(C(F)(F)F)c3)cc2)nc1N. The number of aromatic nitrogens is 2. The Morgan fingerprint density at radius 3 is 2.38 bits per heavy atom. The monoisotopic (exact) mass is 403 g/mol. The third kappa shape index (κ3) is 4.92. The highest BCUT2D eigenvalue weighted by Gasteiger charge is 2.30. The molecule has 0 aliphatic heterocycles. The summed E-state index contributed by atoms with van der Waals surface area (Å²) in [4.78, 5) is 20.3. The van der Waals surface area contributed by atoms with Crippen LogP contribution >= 0.6 is 0 Å². The smallest absolute Gasteiger partial charge is 0.416 e. The molecule has 3 rings (SSSR count). The lowest BCUT2D eigenvalue weighted by molar-refractivity contribution is -0.137. The first kappa shape index (κ1) is 19.9. The number of carbonyl (C=O) groups excluding carboxylic acids is 1. The lowest BCUT2D eigenvalue weighted by atomic mass is 10.2. The van der Waals surface area contributed by atoms with Crippen LogP contribution in [0.4, 0.5) is 35.2 Å². The molecule has 1 heterocycles. The van der Waals surface area contributed by atoms with Gasteiger partial charge in [-0.2, -0.15) is 13.2 Å². The molecule has 7 nitrogen and oxygen atoms in total. The summed E-state index contributed by atoms with van der Waals surface area (Å²) in [5, 5.41) is 4.90. The molecule has 2 amide bonds. The standard InChI is InChI=1S/C19H16F3N5O2/c1-29-15-10-24-17(27-16(15)23)11-5-7-13(8-6-11)25-18(28)26-14-4-2-3-12(9-14)19(20,21)22/h2-10H,1H3,(H2,23,24,27)(H2,25,26,28). The summed E-state index contributed by atoms with van der Waals surface area (Å²) >= 11 is 0. The van der Waals surface area contributed by atoms with Crippen LogP contribution in [0.5, 0.6) is 5.75 Å². The van der Waals surface area contributed by atoms with Crippen LogP contribution in [-0.2, 0) is 6.18 Å². The van der Waals surface area contributed by atoms with E-state index in [4.69, 9.17) is 10.5 Å². The zero-order valence-electron chi connectivity index (χ0n) is 15.1. The van der Waals surface area contributed by atoms with E-state index in [1.165, 1.54) is 25.4 Å². The van der Waals surface area contributed by atoms with E-state index >= 15 is 0 Å². The van der Waals surface area contributed by atoms with Crippen LogP contribution in [0.25, 0.3) is 11.4 Å². The number of benzene rings is 2. The number of ether oxygens (including phenoxy) is 1. The van der Waals surface area contributed by atoms with Gasteiger partial charge in [0.05, 0.1) is 18.9 Å². The lowest BCUT2D eigenvalue weighted by Crippen LogP contribution is -2.19. The number of urea groups is 1. The number of amides is 2. The van der Waals surface area contributed by atoms with Gasteiger partial charge in [0.2, 0.25) is 0 Å². The highest BCUT2D eigenvalue weighted by Crippen LogP contribution is 2.30. The second-order valence-corrected chi connectivity index (χ2v) is 5.88. The molecule has 3 aromatic rings. The molecule has 0 saturated carbocycles. The van der Waals surface area contributed by atoms with E-state index in [1.54, 1.807) is 24.3 Å². The third-order valence-electron chi connectivity index (χ3n) is 3.85. The minimum absolute atomic E-state index is 0.0241. The first-order valence-corrected chi connectivity index (χ1v) is 8.28. The number of halogens is 3. The number of rotatable bonds is 4. The van der Waals surface area contributed by atoms with E-state index in [1.807, 2.05) is 0 Å². The van der Waals surface area contributed by atoms with Crippen molar-refractivity contribution in [3.63, 3.8) is 0 Å². The summed E-state index contributed by atoms with van der Waals surface area (Å²) in [5.74, 6) is 0.932. The van der Waals surface area contributed by atoms with Crippen LogP contribution < -0.4 is 21.1 Å². The summed E-state index contributed by atoms with van der Waals surface area (Å²) in [6, 6.07) is 10.2. The zero-order valence-corrected chi connectivity index (χ0v) is 15.1. The lowest BCUT2D eigenvalue weighted by Gasteiger charge is -2.11. The zero-order chi connectivity index (χ0) is 21.0. The van der Waals surface area contributed by atoms with Crippen LogP contribution in [0.1, 0.15) is 5.56 Å². The Bertz CT molecular complexity index is 1020. The molecular weight excluding hydrogens is 387 g/mol. The Morgan fingerprint density at radius 2 is 1.76 bits per heavy atom. The summed E-state index contributed by atoms with van der Waals surface area (Å²) in [7, 11) is 1.46. The molecule has 0 aliphatic carbocycles. The Balaban J connectivity index is 1.67. The third-order valence-corrected chi connectivity index (χ3v) is 3.85. The van der Waals surface area contributed by atoms with Crippen molar-refractivity contribution >= 4 is 23.2 Å². The first-order valence-electron chi connectivity index (χ1n) is 8.28. The van der Waals surface area contributed by atoms with Gasteiger partial charge in [0.15, 0.2) is 17.4 Å². The van der Waals surface area contributed by atoms with Gasteiger partial charge in [0.25, 0.3) is 0 Å². The van der Waals surface area contributed by atoms with Crippen LogP contribution in [0.2, 0.25) is 0 Å². The Hall–Kier alpha value is -3.82. The minimum atomic E-state index is -4.49. The summed E-state index contributed by atoms with van der Waals surface area (Å²) < 4.78 is 43.2. The van der Waals surface area contributed by atoms with Crippen LogP contribution in [0, 0.1) is 0 Å². The van der Waals surface area contributed by atoms with E-state index in [-0.39, 0.29) is 11.5 Å². The molecular formula is C19H16F3N5O2. The van der Waals surface area contributed by atoms with E-state index in [0.717, 1.165) is 12.1 Å². The minimum Gasteiger partial charge on any atom is -0.491 e. The van der Waals surface area contributed by atoms with Gasteiger partial charge < -0.3 is 21.1 Å².